The van der Waals surface area contributed by atoms with Crippen molar-refractivity contribution < 1.29 is 22.2 Å². The molecule has 0 radical (unpaired) electrons. The highest BCUT2D eigenvalue weighted by Gasteiger charge is 2.20. The molecule has 1 atom stereocenters. The van der Waals surface area contributed by atoms with E-state index >= 15 is 0 Å². The number of nitrogens with one attached hydrogen (secondary N) is 1. The van der Waals surface area contributed by atoms with Gasteiger partial charge >= 0.3 is 7.25 Å². The molecule has 1 heterocycles. The van der Waals surface area contributed by atoms with Crippen molar-refractivity contribution in [2.75, 3.05) is 33.4 Å². The predicted octanol–water partition coefficient (Wildman–Crippen LogP) is 1.65. The van der Waals surface area contributed by atoms with Crippen LogP contribution in [0.5, 0.6) is 0 Å². The van der Waals surface area contributed by atoms with Crippen LogP contribution in [0.2, 0.25) is 0 Å². The number of hydrogen-bond donors (Lipinski definition) is 1. The number of quaternary nitrogens is 1. The first-order valence-electron chi connectivity index (χ1n) is 6.22. The Hall–Kier alpha value is -0.295. The van der Waals surface area contributed by atoms with Gasteiger partial charge in [0.05, 0.1) is 19.6 Å². The molecule has 7 heteroatoms. The van der Waals surface area contributed by atoms with Gasteiger partial charge in [-0.3, -0.25) is 4.90 Å². The largest absolute Gasteiger partial charge is 0.673 e. The third-order valence-electron chi connectivity index (χ3n) is 2.72. The van der Waals surface area contributed by atoms with E-state index in [1.54, 1.807) is 4.90 Å². The molecule has 1 rings (SSSR count). The average molecular weight is 258 g/mol. The van der Waals surface area contributed by atoms with E-state index in [1.165, 1.54) is 52.0 Å². The van der Waals surface area contributed by atoms with Crippen molar-refractivity contribution in [2.45, 2.75) is 32.6 Å². The topological polar surface area (TPSA) is 7.68 Å². The molecule has 17 heavy (non-hydrogen) atoms. The van der Waals surface area contributed by atoms with Gasteiger partial charge in [0.2, 0.25) is 0 Å². The molecule has 1 N–H and O–H groups in total. The molecule has 0 bridgehead atoms. The highest BCUT2D eigenvalue weighted by molar-refractivity contribution is 6.50. The molecule has 1 unspecified atom stereocenters. The van der Waals surface area contributed by atoms with Crippen molar-refractivity contribution in [1.29, 1.82) is 0 Å². The smallest absolute Gasteiger partial charge is 0.418 e. The van der Waals surface area contributed by atoms with Crippen LogP contribution in [-0.2, 0) is 0 Å². The Morgan fingerprint density at radius 2 is 1.71 bits per heavy atom. The van der Waals surface area contributed by atoms with Gasteiger partial charge in [-0.2, -0.15) is 0 Å². The van der Waals surface area contributed by atoms with E-state index in [0.29, 0.717) is 0 Å². The van der Waals surface area contributed by atoms with Crippen LogP contribution in [0.4, 0.5) is 17.3 Å². The monoisotopic (exact) mass is 258 g/mol. The molecule has 1 saturated heterocycles. The van der Waals surface area contributed by atoms with Crippen LogP contribution in [0.1, 0.15) is 32.6 Å². The van der Waals surface area contributed by atoms with Crippen LogP contribution in [0.25, 0.3) is 0 Å². The number of halogens is 4. The normalized spacial score (nSPS) is 21.2. The lowest BCUT2D eigenvalue weighted by atomic mass is 10.2. The van der Waals surface area contributed by atoms with E-state index in [2.05, 4.69) is 18.9 Å². The highest BCUT2D eigenvalue weighted by atomic mass is 19.5. The molecule has 0 aromatic rings. The summed E-state index contributed by atoms with van der Waals surface area (Å²) in [6.45, 7) is 7.60. The summed E-state index contributed by atoms with van der Waals surface area (Å²) < 4.78 is 39.0. The van der Waals surface area contributed by atoms with Crippen molar-refractivity contribution in [2.24, 2.45) is 0 Å². The number of rotatable bonds is 5. The van der Waals surface area contributed by atoms with Crippen LogP contribution in [0, 0.1) is 0 Å². The van der Waals surface area contributed by atoms with Crippen LogP contribution in [0.3, 0.4) is 0 Å². The third kappa shape index (κ3) is 13.6. The van der Waals surface area contributed by atoms with Crippen LogP contribution in [0.15, 0.2) is 0 Å². The molecular formula is C10H23BF4N2. The summed E-state index contributed by atoms with van der Waals surface area (Å²) in [6.07, 6.45) is 5.64. The van der Waals surface area contributed by atoms with Crippen LogP contribution < -0.4 is 4.90 Å². The van der Waals surface area contributed by atoms with Gasteiger partial charge in [-0.05, 0) is 19.9 Å². The molecule has 1 fully saturated rings. The quantitative estimate of drug-likeness (QED) is 0.447. The average Bonchev–Trinajstić information content (AvgIpc) is 2.56. The SMILES string of the molecule is CCCCCC[NH+]1CCN(C)C1.F[B-](F)(F)F. The molecule has 1 aliphatic heterocycles. The maximum atomic E-state index is 9.75. The first-order valence-corrected chi connectivity index (χ1v) is 6.22. The summed E-state index contributed by atoms with van der Waals surface area (Å²) in [5, 5.41) is 0. The molecule has 0 saturated carbocycles. The Morgan fingerprint density at radius 3 is 2.12 bits per heavy atom. The Labute approximate surface area is 101 Å². The van der Waals surface area contributed by atoms with Gasteiger partial charge in [0, 0.05) is 0 Å². The summed E-state index contributed by atoms with van der Waals surface area (Å²) in [7, 11) is -3.78. The second kappa shape index (κ2) is 8.75. The first-order chi connectivity index (χ1) is 7.83. The Morgan fingerprint density at radius 1 is 1.12 bits per heavy atom. The van der Waals surface area contributed by atoms with E-state index in [4.69, 9.17) is 0 Å². The predicted molar refractivity (Wildman–Crippen MR) is 62.5 cm³/mol. The highest BCUT2D eigenvalue weighted by Crippen LogP contribution is 2.06. The van der Waals surface area contributed by atoms with Crippen LogP contribution >= 0.6 is 0 Å². The van der Waals surface area contributed by atoms with Crippen molar-refractivity contribution in [3.8, 4) is 0 Å². The molecule has 0 spiro atoms. The standard InChI is InChI=1S/C10H22N2.BF4/c1-3-4-5-6-7-12-9-8-11(2)10-12;2-1(3,4)5/h3-10H2,1-2H3;/q;-1/p+1. The van der Waals surface area contributed by atoms with Crippen LogP contribution in [-0.4, -0.2) is 45.5 Å². The van der Waals surface area contributed by atoms with Crippen molar-refractivity contribution in [1.82, 2.24) is 4.90 Å². The Balaban J connectivity index is 0.000000437. The van der Waals surface area contributed by atoms with E-state index in [-0.39, 0.29) is 0 Å². The summed E-state index contributed by atoms with van der Waals surface area (Å²) in [6, 6.07) is 0. The minimum atomic E-state index is -6.00. The summed E-state index contributed by atoms with van der Waals surface area (Å²) >= 11 is 0. The first kappa shape index (κ1) is 16.7. The zero-order valence-electron chi connectivity index (χ0n) is 10.7. The van der Waals surface area contributed by atoms with Gasteiger partial charge in [0.1, 0.15) is 6.67 Å². The van der Waals surface area contributed by atoms with Crippen molar-refractivity contribution in [3.05, 3.63) is 0 Å². The lowest BCUT2D eigenvalue weighted by molar-refractivity contribution is -0.891. The van der Waals surface area contributed by atoms with Gasteiger partial charge in [-0.25, -0.2) is 0 Å². The zero-order chi connectivity index (χ0) is 13.3. The zero-order valence-corrected chi connectivity index (χ0v) is 10.7. The fraction of sp³-hybridized carbons (Fsp3) is 1.00. The molecule has 0 aromatic heterocycles. The van der Waals surface area contributed by atoms with Gasteiger partial charge in [-0.1, -0.05) is 19.8 Å². The maximum absolute atomic E-state index is 9.75. The lowest BCUT2D eigenvalue weighted by Gasteiger charge is -2.11. The minimum Gasteiger partial charge on any atom is -0.418 e. The molecule has 104 valence electrons. The van der Waals surface area contributed by atoms with E-state index in [1.807, 2.05) is 0 Å². The van der Waals surface area contributed by atoms with E-state index in [0.717, 1.165) is 0 Å². The molecule has 0 amide bonds. The summed E-state index contributed by atoms with van der Waals surface area (Å²) in [5.41, 5.74) is 0. The molecular weight excluding hydrogens is 235 g/mol. The van der Waals surface area contributed by atoms with Crippen molar-refractivity contribution >= 4 is 7.25 Å². The van der Waals surface area contributed by atoms with Gasteiger partial charge in [-0.15, -0.1) is 0 Å². The second-order valence-corrected chi connectivity index (χ2v) is 4.54. The third-order valence-corrected chi connectivity index (χ3v) is 2.72. The Bertz CT molecular complexity index is 184. The number of nitrogens with zero attached hydrogens (tertiary/aromatic N) is 1. The fourth-order valence-corrected chi connectivity index (χ4v) is 1.89. The maximum Gasteiger partial charge on any atom is 0.673 e. The summed E-state index contributed by atoms with van der Waals surface area (Å²) in [4.78, 5) is 4.21. The van der Waals surface area contributed by atoms with E-state index in [9.17, 15) is 17.3 Å². The fourth-order valence-electron chi connectivity index (χ4n) is 1.89. The summed E-state index contributed by atoms with van der Waals surface area (Å²) in [5.74, 6) is 0. The molecule has 0 aliphatic carbocycles. The number of hydrogen-bond acceptors (Lipinski definition) is 1. The van der Waals surface area contributed by atoms with Gasteiger partial charge in [0.25, 0.3) is 0 Å². The van der Waals surface area contributed by atoms with Gasteiger partial charge < -0.3 is 22.2 Å². The second-order valence-electron chi connectivity index (χ2n) is 4.54. The molecule has 2 nitrogen and oxygen atoms in total. The van der Waals surface area contributed by atoms with E-state index < -0.39 is 7.25 Å². The number of unbranched alkanes of at least 4 members (excludes halogenated alkanes) is 3. The number of likely N-dealkylation sites (N-methyl/N-ethyl adjacent to an activating group) is 1. The van der Waals surface area contributed by atoms with Crippen molar-refractivity contribution in [3.63, 3.8) is 0 Å². The molecule has 1 aliphatic rings. The Kier molecular flexibility index (Phi) is 8.59. The van der Waals surface area contributed by atoms with Gasteiger partial charge in [0.15, 0.2) is 0 Å². The molecule has 0 aromatic carbocycles. The minimum absolute atomic E-state index is 1.27. The lowest BCUT2D eigenvalue weighted by Crippen LogP contribution is -3.10.